The van der Waals surface area contributed by atoms with Crippen molar-refractivity contribution in [3.05, 3.63) is 29.3 Å². The van der Waals surface area contributed by atoms with Crippen LogP contribution in [-0.2, 0) is 21.9 Å². The van der Waals surface area contributed by atoms with Crippen molar-refractivity contribution in [1.82, 2.24) is 0 Å². The van der Waals surface area contributed by atoms with E-state index in [0.29, 0.717) is 12.1 Å². The molecule has 0 bridgehead atoms. The number of ether oxygens (including phenoxy) is 1. The monoisotopic (exact) mass is 327 g/mol. The van der Waals surface area contributed by atoms with Crippen LogP contribution >= 0.6 is 0 Å². The lowest BCUT2D eigenvalue weighted by molar-refractivity contribution is -0.152. The summed E-state index contributed by atoms with van der Waals surface area (Å²) in [5, 5.41) is 2.09. The SMILES string of the molecule is CC1(C(=O)Nc2cc(C(F)(F)F)cc(C(F)(F)F)c2)COC1. The topological polar surface area (TPSA) is 38.3 Å². The molecule has 0 radical (unpaired) electrons. The fourth-order valence-electron chi connectivity index (χ4n) is 1.85. The van der Waals surface area contributed by atoms with Gasteiger partial charge in [-0.3, -0.25) is 4.79 Å². The number of benzene rings is 1. The van der Waals surface area contributed by atoms with Gasteiger partial charge in [-0.2, -0.15) is 26.3 Å². The van der Waals surface area contributed by atoms with E-state index in [0.717, 1.165) is 0 Å². The van der Waals surface area contributed by atoms with Crippen LogP contribution in [0.15, 0.2) is 18.2 Å². The summed E-state index contributed by atoms with van der Waals surface area (Å²) < 4.78 is 80.9. The molecular weight excluding hydrogens is 316 g/mol. The van der Waals surface area contributed by atoms with E-state index in [-0.39, 0.29) is 19.3 Å². The van der Waals surface area contributed by atoms with Gasteiger partial charge in [-0.15, -0.1) is 0 Å². The van der Waals surface area contributed by atoms with Gasteiger partial charge in [-0.1, -0.05) is 0 Å². The minimum absolute atomic E-state index is 0.00380. The molecule has 0 atom stereocenters. The number of carbonyl (C=O) groups excluding carboxylic acids is 1. The first-order valence-electron chi connectivity index (χ1n) is 6.10. The average Bonchev–Trinajstić information content (AvgIpc) is 2.33. The zero-order valence-electron chi connectivity index (χ0n) is 11.2. The van der Waals surface area contributed by atoms with E-state index < -0.39 is 40.5 Å². The standard InChI is InChI=1S/C13H11F6NO2/c1-11(5-22-6-11)10(21)20-9-3-7(12(14,15)16)2-8(4-9)13(17,18)19/h2-4H,5-6H2,1H3,(H,20,21). The van der Waals surface area contributed by atoms with E-state index >= 15 is 0 Å². The van der Waals surface area contributed by atoms with Gasteiger partial charge in [-0.05, 0) is 25.1 Å². The van der Waals surface area contributed by atoms with Crippen LogP contribution in [0.3, 0.4) is 0 Å². The maximum absolute atomic E-state index is 12.7. The van der Waals surface area contributed by atoms with E-state index in [9.17, 15) is 31.1 Å². The smallest absolute Gasteiger partial charge is 0.379 e. The first kappa shape index (κ1) is 16.6. The molecule has 1 fully saturated rings. The molecule has 0 unspecified atom stereocenters. The van der Waals surface area contributed by atoms with Crippen molar-refractivity contribution in [3.63, 3.8) is 0 Å². The van der Waals surface area contributed by atoms with Crippen molar-refractivity contribution in [2.24, 2.45) is 5.41 Å². The zero-order chi connectivity index (χ0) is 16.8. The molecule has 2 rings (SSSR count). The molecule has 0 aromatic heterocycles. The van der Waals surface area contributed by atoms with Crippen molar-refractivity contribution in [2.45, 2.75) is 19.3 Å². The molecule has 1 aromatic rings. The first-order chi connectivity index (χ1) is 9.92. The Labute approximate surface area is 121 Å². The highest BCUT2D eigenvalue weighted by Gasteiger charge is 2.42. The van der Waals surface area contributed by atoms with Crippen LogP contribution in [0, 0.1) is 5.41 Å². The summed E-state index contributed by atoms with van der Waals surface area (Å²) in [7, 11) is 0. The number of amides is 1. The lowest BCUT2D eigenvalue weighted by atomic mass is 9.87. The van der Waals surface area contributed by atoms with Crippen molar-refractivity contribution >= 4 is 11.6 Å². The Bertz CT molecular complexity index is 557. The number of anilines is 1. The van der Waals surface area contributed by atoms with E-state index in [1.807, 2.05) is 0 Å². The number of carbonyl (C=O) groups is 1. The van der Waals surface area contributed by atoms with E-state index in [2.05, 4.69) is 5.32 Å². The number of hydrogen-bond acceptors (Lipinski definition) is 2. The van der Waals surface area contributed by atoms with Crippen molar-refractivity contribution in [3.8, 4) is 0 Å². The average molecular weight is 327 g/mol. The lowest BCUT2D eigenvalue weighted by Gasteiger charge is -2.36. The van der Waals surface area contributed by atoms with Crippen molar-refractivity contribution in [1.29, 1.82) is 0 Å². The lowest BCUT2D eigenvalue weighted by Crippen LogP contribution is -2.49. The summed E-state index contributed by atoms with van der Waals surface area (Å²) >= 11 is 0. The Morgan fingerprint density at radius 1 is 1.05 bits per heavy atom. The molecule has 0 spiro atoms. The molecule has 122 valence electrons. The molecule has 1 saturated heterocycles. The van der Waals surface area contributed by atoms with E-state index in [1.165, 1.54) is 6.92 Å². The van der Waals surface area contributed by atoms with E-state index in [4.69, 9.17) is 4.74 Å². The third kappa shape index (κ3) is 3.34. The summed E-state index contributed by atoms with van der Waals surface area (Å²) in [6.07, 6.45) is -9.91. The normalized spacial score (nSPS) is 17.8. The third-order valence-corrected chi connectivity index (χ3v) is 3.23. The molecule has 9 heteroatoms. The minimum Gasteiger partial charge on any atom is -0.379 e. The molecule has 22 heavy (non-hydrogen) atoms. The Kier molecular flexibility index (Phi) is 3.88. The van der Waals surface area contributed by atoms with Crippen molar-refractivity contribution < 1.29 is 35.9 Å². The molecule has 1 heterocycles. The third-order valence-electron chi connectivity index (χ3n) is 3.23. The first-order valence-corrected chi connectivity index (χ1v) is 6.10. The summed E-state index contributed by atoms with van der Waals surface area (Å²) in [6, 6.07) is 0.940. The van der Waals surface area contributed by atoms with Crippen LogP contribution < -0.4 is 5.32 Å². The highest BCUT2D eigenvalue weighted by atomic mass is 19.4. The molecule has 1 aliphatic heterocycles. The number of nitrogens with one attached hydrogen (secondary N) is 1. The second-order valence-corrected chi connectivity index (χ2v) is 5.30. The van der Waals surface area contributed by atoms with Crippen LogP contribution in [0.2, 0.25) is 0 Å². The maximum atomic E-state index is 12.7. The second kappa shape index (κ2) is 5.15. The molecule has 0 aliphatic carbocycles. The molecular formula is C13H11F6NO2. The van der Waals surface area contributed by atoms with Crippen LogP contribution in [-0.4, -0.2) is 19.1 Å². The Hall–Kier alpha value is -1.77. The second-order valence-electron chi connectivity index (χ2n) is 5.30. The zero-order valence-corrected chi connectivity index (χ0v) is 11.2. The molecule has 1 aromatic carbocycles. The van der Waals surface area contributed by atoms with Gasteiger partial charge in [0.25, 0.3) is 0 Å². The van der Waals surface area contributed by atoms with E-state index in [1.54, 1.807) is 0 Å². The predicted molar refractivity (Wildman–Crippen MR) is 64.0 cm³/mol. The minimum atomic E-state index is -4.95. The van der Waals surface area contributed by atoms with Gasteiger partial charge < -0.3 is 10.1 Å². The van der Waals surface area contributed by atoms with Gasteiger partial charge in [0.15, 0.2) is 0 Å². The largest absolute Gasteiger partial charge is 0.416 e. The Morgan fingerprint density at radius 2 is 1.50 bits per heavy atom. The summed E-state index contributed by atoms with van der Waals surface area (Å²) in [5.41, 5.74) is -4.47. The van der Waals surface area contributed by atoms with Gasteiger partial charge in [0.05, 0.1) is 29.8 Å². The number of rotatable bonds is 2. The fraction of sp³-hybridized carbons (Fsp3) is 0.462. The molecule has 3 nitrogen and oxygen atoms in total. The number of alkyl halides is 6. The van der Waals surface area contributed by atoms with Crippen LogP contribution in [0.4, 0.5) is 32.0 Å². The maximum Gasteiger partial charge on any atom is 0.416 e. The predicted octanol–water partition coefficient (Wildman–Crippen LogP) is 3.70. The summed E-state index contributed by atoms with van der Waals surface area (Å²) in [5.74, 6) is -0.689. The molecule has 1 aliphatic rings. The van der Waals surface area contributed by atoms with Crippen LogP contribution in [0.25, 0.3) is 0 Å². The molecule has 1 amide bonds. The summed E-state index contributed by atoms with van der Waals surface area (Å²) in [6.45, 7) is 1.62. The van der Waals surface area contributed by atoms with Gasteiger partial charge in [-0.25, -0.2) is 0 Å². The van der Waals surface area contributed by atoms with Gasteiger partial charge in [0.1, 0.15) is 0 Å². The Balaban J connectivity index is 2.36. The van der Waals surface area contributed by atoms with Crippen LogP contribution in [0.5, 0.6) is 0 Å². The van der Waals surface area contributed by atoms with Gasteiger partial charge >= 0.3 is 12.4 Å². The Morgan fingerprint density at radius 3 is 1.82 bits per heavy atom. The van der Waals surface area contributed by atoms with Gasteiger partial charge in [0, 0.05) is 5.69 Å². The summed E-state index contributed by atoms with van der Waals surface area (Å²) in [4.78, 5) is 11.9. The van der Waals surface area contributed by atoms with Crippen molar-refractivity contribution in [2.75, 3.05) is 18.5 Å². The fourth-order valence-corrected chi connectivity index (χ4v) is 1.85. The molecule has 0 saturated carbocycles. The number of hydrogen-bond donors (Lipinski definition) is 1. The highest BCUT2D eigenvalue weighted by Crippen LogP contribution is 2.38. The number of halogens is 6. The van der Waals surface area contributed by atoms with Crippen LogP contribution in [0.1, 0.15) is 18.1 Å². The molecule has 1 N–H and O–H groups in total. The quantitative estimate of drug-likeness (QED) is 0.841. The highest BCUT2D eigenvalue weighted by molar-refractivity contribution is 5.96. The van der Waals surface area contributed by atoms with Gasteiger partial charge in [0.2, 0.25) is 5.91 Å².